The molecule has 1 aromatic rings. The molecule has 134 valence electrons. The van der Waals surface area contributed by atoms with E-state index in [1.807, 2.05) is 6.07 Å². The zero-order valence-electron chi connectivity index (χ0n) is 15.2. The molecule has 0 aromatic heterocycles. The van der Waals surface area contributed by atoms with E-state index in [1.165, 1.54) is 44.3 Å². The van der Waals surface area contributed by atoms with Crippen molar-refractivity contribution >= 4 is 0 Å². The predicted octanol–water partition coefficient (Wildman–Crippen LogP) is 2.60. The third kappa shape index (κ3) is 4.71. The first-order valence-corrected chi connectivity index (χ1v) is 9.46. The summed E-state index contributed by atoms with van der Waals surface area (Å²) in [5.41, 5.74) is 2.37. The van der Waals surface area contributed by atoms with Gasteiger partial charge in [-0.2, -0.15) is 0 Å². The van der Waals surface area contributed by atoms with E-state index in [0.29, 0.717) is 12.6 Å². The number of rotatable bonds is 6. The van der Waals surface area contributed by atoms with Crippen molar-refractivity contribution in [2.24, 2.45) is 0 Å². The highest BCUT2D eigenvalue weighted by atomic mass is 16.5. The Morgan fingerprint density at radius 1 is 1.17 bits per heavy atom. The Morgan fingerprint density at radius 2 is 1.96 bits per heavy atom. The molecule has 2 fully saturated rings. The normalized spacial score (nSPS) is 24.2. The lowest BCUT2D eigenvalue weighted by Gasteiger charge is -2.38. The van der Waals surface area contributed by atoms with Crippen LogP contribution in [0, 0.1) is 13.8 Å². The summed E-state index contributed by atoms with van der Waals surface area (Å²) in [6, 6.07) is 6.86. The number of hydrogen-bond acceptors (Lipinski definition) is 4. The number of β-amino-alcohol motifs (C(OH)–C–C–N with tert-alkyl or cyclic N) is 1. The maximum atomic E-state index is 10.4. The molecule has 1 N–H and O–H groups in total. The number of hydrogen-bond donors (Lipinski definition) is 1. The van der Waals surface area contributed by atoms with E-state index in [0.717, 1.165) is 30.9 Å². The minimum atomic E-state index is -0.428. The highest BCUT2D eigenvalue weighted by molar-refractivity contribution is 5.35. The molecule has 0 radical (unpaired) electrons. The average molecular weight is 332 g/mol. The van der Waals surface area contributed by atoms with E-state index in [9.17, 15) is 5.11 Å². The molecule has 0 spiro atoms. The predicted molar refractivity (Wildman–Crippen MR) is 97.7 cm³/mol. The monoisotopic (exact) mass is 332 g/mol. The number of likely N-dealkylation sites (tertiary alicyclic amines) is 2. The van der Waals surface area contributed by atoms with E-state index < -0.39 is 6.10 Å². The summed E-state index contributed by atoms with van der Waals surface area (Å²) in [5, 5.41) is 10.4. The highest BCUT2D eigenvalue weighted by Gasteiger charge is 2.27. The lowest BCUT2D eigenvalue weighted by atomic mass is 10.0. The molecule has 0 amide bonds. The van der Waals surface area contributed by atoms with Gasteiger partial charge in [-0.15, -0.1) is 0 Å². The van der Waals surface area contributed by atoms with Crippen LogP contribution in [0.2, 0.25) is 0 Å². The van der Waals surface area contributed by atoms with Gasteiger partial charge in [0.1, 0.15) is 18.5 Å². The summed E-state index contributed by atoms with van der Waals surface area (Å²) in [4.78, 5) is 5.06. The van der Waals surface area contributed by atoms with Gasteiger partial charge >= 0.3 is 0 Å². The molecule has 2 aliphatic heterocycles. The molecule has 4 nitrogen and oxygen atoms in total. The van der Waals surface area contributed by atoms with Gasteiger partial charge in [-0.3, -0.25) is 9.80 Å². The number of benzene rings is 1. The maximum absolute atomic E-state index is 10.4. The fourth-order valence-electron chi connectivity index (χ4n) is 4.10. The topological polar surface area (TPSA) is 35.9 Å². The van der Waals surface area contributed by atoms with Crippen LogP contribution in [0.15, 0.2) is 18.2 Å². The molecule has 2 aliphatic rings. The van der Waals surface area contributed by atoms with Crippen molar-refractivity contribution in [3.63, 3.8) is 0 Å². The van der Waals surface area contributed by atoms with E-state index in [2.05, 4.69) is 35.8 Å². The smallest absolute Gasteiger partial charge is 0.122 e. The average Bonchev–Trinajstić information content (AvgIpc) is 3.09. The van der Waals surface area contributed by atoms with Gasteiger partial charge in [0, 0.05) is 19.1 Å². The molecule has 3 rings (SSSR count). The van der Waals surface area contributed by atoms with E-state index in [1.54, 1.807) is 0 Å². The van der Waals surface area contributed by atoms with Crippen molar-refractivity contribution < 1.29 is 9.84 Å². The third-order valence-corrected chi connectivity index (χ3v) is 5.37. The van der Waals surface area contributed by atoms with Crippen molar-refractivity contribution in [1.29, 1.82) is 0 Å². The minimum absolute atomic E-state index is 0.370. The van der Waals surface area contributed by atoms with Gasteiger partial charge in [0.2, 0.25) is 0 Å². The number of piperidine rings is 1. The van der Waals surface area contributed by atoms with Crippen molar-refractivity contribution in [3.8, 4) is 5.75 Å². The van der Waals surface area contributed by atoms with Crippen molar-refractivity contribution in [2.75, 3.05) is 39.3 Å². The van der Waals surface area contributed by atoms with Crippen molar-refractivity contribution in [2.45, 2.75) is 51.7 Å². The van der Waals surface area contributed by atoms with Crippen LogP contribution in [0.3, 0.4) is 0 Å². The second-order valence-electron chi connectivity index (χ2n) is 7.53. The molecule has 2 atom stereocenters. The number of aryl methyl sites for hydroxylation is 2. The van der Waals surface area contributed by atoms with Crippen LogP contribution in [0.25, 0.3) is 0 Å². The van der Waals surface area contributed by atoms with Crippen LogP contribution in [0.5, 0.6) is 5.75 Å². The minimum Gasteiger partial charge on any atom is -0.491 e. The van der Waals surface area contributed by atoms with Gasteiger partial charge in [-0.1, -0.05) is 17.7 Å². The first-order valence-electron chi connectivity index (χ1n) is 9.46. The molecule has 2 heterocycles. The number of aliphatic hydroxyl groups excluding tert-OH is 1. The zero-order chi connectivity index (χ0) is 16.9. The molecule has 24 heavy (non-hydrogen) atoms. The lowest BCUT2D eigenvalue weighted by Crippen LogP contribution is -2.49. The van der Waals surface area contributed by atoms with E-state index >= 15 is 0 Å². The lowest BCUT2D eigenvalue weighted by molar-refractivity contribution is 0.0415. The Labute approximate surface area is 146 Å². The van der Waals surface area contributed by atoms with Gasteiger partial charge in [-0.25, -0.2) is 0 Å². The first kappa shape index (κ1) is 17.7. The fourth-order valence-corrected chi connectivity index (χ4v) is 4.10. The standard InChI is InChI=1S/C20H32N2O2/c1-16-7-8-20(17(2)12-16)24-15-19(23)14-21-9-5-6-18(13-21)22-10-3-4-11-22/h7-8,12,18-19,23H,3-6,9-11,13-15H2,1-2H3. The SMILES string of the molecule is Cc1ccc(OCC(O)CN2CCCC(N3CCCC3)C2)c(C)c1. The Morgan fingerprint density at radius 3 is 2.71 bits per heavy atom. The molecule has 0 aliphatic carbocycles. The third-order valence-electron chi connectivity index (χ3n) is 5.37. The van der Waals surface area contributed by atoms with Crippen molar-refractivity contribution in [3.05, 3.63) is 29.3 Å². The second kappa shape index (κ2) is 8.32. The highest BCUT2D eigenvalue weighted by Crippen LogP contribution is 2.21. The van der Waals surface area contributed by atoms with Crippen LogP contribution in [-0.4, -0.2) is 66.4 Å². The Balaban J connectivity index is 1.44. The van der Waals surface area contributed by atoms with Crippen LogP contribution in [0.1, 0.15) is 36.8 Å². The van der Waals surface area contributed by atoms with Crippen LogP contribution >= 0.6 is 0 Å². The Bertz CT molecular complexity index is 528. The molecule has 2 unspecified atom stereocenters. The van der Waals surface area contributed by atoms with Gasteiger partial charge in [0.15, 0.2) is 0 Å². The molecule has 0 saturated carbocycles. The fraction of sp³-hybridized carbons (Fsp3) is 0.700. The maximum Gasteiger partial charge on any atom is 0.122 e. The summed E-state index contributed by atoms with van der Waals surface area (Å²) in [7, 11) is 0. The number of nitrogens with zero attached hydrogens (tertiary/aromatic N) is 2. The van der Waals surface area contributed by atoms with Gasteiger partial charge in [0.05, 0.1) is 0 Å². The van der Waals surface area contributed by atoms with Crippen LogP contribution in [0.4, 0.5) is 0 Å². The number of aliphatic hydroxyl groups is 1. The molecule has 0 bridgehead atoms. The van der Waals surface area contributed by atoms with Gasteiger partial charge in [-0.05, 0) is 70.8 Å². The Hall–Kier alpha value is -1.10. The second-order valence-corrected chi connectivity index (χ2v) is 7.53. The van der Waals surface area contributed by atoms with E-state index in [4.69, 9.17) is 4.74 Å². The molecular formula is C20H32N2O2. The molecule has 1 aromatic carbocycles. The molecular weight excluding hydrogens is 300 g/mol. The van der Waals surface area contributed by atoms with Gasteiger partial charge < -0.3 is 9.84 Å². The first-order chi connectivity index (χ1) is 11.6. The summed E-state index contributed by atoms with van der Waals surface area (Å²) >= 11 is 0. The summed E-state index contributed by atoms with van der Waals surface area (Å²) < 4.78 is 5.83. The van der Waals surface area contributed by atoms with E-state index in [-0.39, 0.29) is 0 Å². The summed E-state index contributed by atoms with van der Waals surface area (Å²) in [5.74, 6) is 0.883. The Kier molecular flexibility index (Phi) is 6.14. The van der Waals surface area contributed by atoms with Crippen molar-refractivity contribution in [1.82, 2.24) is 9.80 Å². The quantitative estimate of drug-likeness (QED) is 0.869. The van der Waals surface area contributed by atoms with Crippen LogP contribution < -0.4 is 4.74 Å². The van der Waals surface area contributed by atoms with Gasteiger partial charge in [0.25, 0.3) is 0 Å². The number of ether oxygens (including phenoxy) is 1. The summed E-state index contributed by atoms with van der Waals surface area (Å²) in [6.07, 6.45) is 4.83. The zero-order valence-corrected chi connectivity index (χ0v) is 15.2. The molecule has 4 heteroatoms. The van der Waals surface area contributed by atoms with Crippen LogP contribution in [-0.2, 0) is 0 Å². The molecule has 2 saturated heterocycles. The largest absolute Gasteiger partial charge is 0.491 e. The summed E-state index contributed by atoms with van der Waals surface area (Å²) in [6.45, 7) is 9.95.